The fraction of sp³-hybridized carbons (Fsp3) is 1.00. The molecule has 0 aromatic rings. The fourth-order valence-electron chi connectivity index (χ4n) is 0.261. The molecule has 0 aliphatic carbocycles. The van der Waals surface area contributed by atoms with E-state index >= 15 is 0 Å². The first-order valence-corrected chi connectivity index (χ1v) is 5.89. The number of hydrogen-bond acceptors (Lipinski definition) is 2. The van der Waals surface area contributed by atoms with Gasteiger partial charge in [0.05, 0.1) is 12.3 Å². The number of hydrogen-bond donors (Lipinski definition) is 4. The molecule has 0 unspecified atom stereocenters. The Morgan fingerprint density at radius 3 is 1.00 bits per heavy atom. The molecule has 0 rings (SSSR count). The molecule has 12 heavy (non-hydrogen) atoms. The van der Waals surface area contributed by atoms with E-state index in [4.69, 9.17) is 19.6 Å². The van der Waals surface area contributed by atoms with Crippen molar-refractivity contribution in [2.75, 3.05) is 12.3 Å². The average molecular weight is 270 g/mol. The van der Waals surface area contributed by atoms with E-state index in [2.05, 4.69) is 0 Å². The maximum atomic E-state index is 10.0. The van der Waals surface area contributed by atoms with Crippen LogP contribution in [0.25, 0.3) is 0 Å². The fourth-order valence-corrected chi connectivity index (χ4v) is 2.34. The molecule has 10 heteroatoms. The molecule has 0 amide bonds. The molecule has 0 heterocycles. The van der Waals surface area contributed by atoms with E-state index in [1.54, 1.807) is 0 Å². The summed E-state index contributed by atoms with van der Waals surface area (Å²) in [6.07, 6.45) is -1.53. The summed E-state index contributed by atoms with van der Waals surface area (Å²) in [4.78, 5) is 32.6. The Labute approximate surface area is 155 Å². The Kier molecular flexibility index (Phi) is 15.2. The van der Waals surface area contributed by atoms with Gasteiger partial charge in [0.25, 0.3) is 0 Å². The summed E-state index contributed by atoms with van der Waals surface area (Å²) in [5.74, 6) is 0. The molecule has 0 saturated heterocycles. The van der Waals surface area contributed by atoms with Crippen LogP contribution in [-0.2, 0) is 9.13 Å². The van der Waals surface area contributed by atoms with Crippen LogP contribution in [0.2, 0.25) is 0 Å². The van der Waals surface area contributed by atoms with Crippen molar-refractivity contribution in [1.29, 1.82) is 0 Å². The van der Waals surface area contributed by atoms with E-state index in [0.29, 0.717) is 0 Å². The first-order chi connectivity index (χ1) is 4.21. The van der Waals surface area contributed by atoms with Gasteiger partial charge in [0.1, 0.15) is 0 Å². The van der Waals surface area contributed by atoms with Crippen molar-refractivity contribution in [3.63, 3.8) is 0 Å². The van der Waals surface area contributed by atoms with Crippen molar-refractivity contribution >= 4 is 118 Å². The summed E-state index contributed by atoms with van der Waals surface area (Å²) < 4.78 is 20.1. The zero-order valence-corrected chi connectivity index (χ0v) is 6.70. The molecule has 0 fully saturated rings. The summed E-state index contributed by atoms with van der Waals surface area (Å²) in [7, 11) is -8.51. The normalized spacial score (nSPS) is 11.3. The molecule has 0 aromatic heterocycles. The zero-order valence-electron chi connectivity index (χ0n) is 4.91. The van der Waals surface area contributed by atoms with Gasteiger partial charge < -0.3 is 19.6 Å². The van der Waals surface area contributed by atoms with Crippen LogP contribution in [0.15, 0.2) is 0 Å². The summed E-state index contributed by atoms with van der Waals surface area (Å²) in [5, 5.41) is 0. The van der Waals surface area contributed by atoms with Crippen LogP contribution in [0, 0.1) is 0 Å². The van der Waals surface area contributed by atoms with Crippen LogP contribution in [0.5, 0.6) is 0 Å². The summed E-state index contributed by atoms with van der Waals surface area (Å²) in [5.41, 5.74) is 0. The third kappa shape index (κ3) is 19.2. The monoisotopic (exact) mass is 270 g/mol. The Hall–Kier alpha value is 3.57. The van der Waals surface area contributed by atoms with E-state index in [9.17, 15) is 9.13 Å². The van der Waals surface area contributed by atoms with Crippen LogP contribution in [0.4, 0.5) is 0 Å². The SMILES string of the molecule is O=P(O)(O)CCP(=O)(O)O.[KH].[KH]. The minimum atomic E-state index is -4.25. The summed E-state index contributed by atoms with van der Waals surface area (Å²) in [6.45, 7) is 0. The van der Waals surface area contributed by atoms with Crippen molar-refractivity contribution in [1.82, 2.24) is 0 Å². The van der Waals surface area contributed by atoms with E-state index < -0.39 is 27.5 Å². The molecule has 0 radical (unpaired) electrons. The summed E-state index contributed by atoms with van der Waals surface area (Å²) in [6, 6.07) is 0. The molecule has 0 atom stereocenters. The molecule has 0 bridgehead atoms. The van der Waals surface area contributed by atoms with Crippen molar-refractivity contribution in [2.45, 2.75) is 0 Å². The standard InChI is InChI=1S/C2H8O6P2.2K.2H/c3-9(4,5)1-2-10(6,7)8;;;;/h1-2H2,(H2,3,4,5)(H2,6,7,8);;;;. The quantitative estimate of drug-likeness (QED) is 0.350. The second-order valence-corrected chi connectivity index (χ2v) is 5.33. The second kappa shape index (κ2) is 8.69. The predicted octanol–water partition coefficient (Wildman–Crippen LogP) is -1.96. The molecule has 0 saturated carbocycles. The predicted molar refractivity (Wildman–Crippen MR) is 48.1 cm³/mol. The molecule has 4 N–H and O–H groups in total. The molecular formula is C2H10K2O6P2. The second-order valence-electron chi connectivity index (χ2n) is 1.78. The van der Waals surface area contributed by atoms with E-state index in [1.165, 1.54) is 0 Å². The molecule has 6 nitrogen and oxygen atoms in total. The van der Waals surface area contributed by atoms with Gasteiger partial charge in [0, 0.05) is 0 Å². The van der Waals surface area contributed by atoms with E-state index in [1.807, 2.05) is 0 Å². The van der Waals surface area contributed by atoms with Crippen molar-refractivity contribution < 1.29 is 28.7 Å². The maximum absolute atomic E-state index is 10.0. The third-order valence-electron chi connectivity index (χ3n) is 0.683. The third-order valence-corrected chi connectivity index (χ3v) is 2.65. The molecule has 66 valence electrons. The Balaban J connectivity index is -0.000000405. The average Bonchev–Trinajstić information content (AvgIpc) is 1.57. The van der Waals surface area contributed by atoms with Gasteiger partial charge in [-0.25, -0.2) is 0 Å². The topological polar surface area (TPSA) is 115 Å². The molecule has 0 spiro atoms. The Morgan fingerprint density at radius 1 is 0.750 bits per heavy atom. The Bertz CT molecular complexity index is 172. The van der Waals surface area contributed by atoms with Gasteiger partial charge in [-0.3, -0.25) is 9.13 Å². The van der Waals surface area contributed by atoms with Crippen molar-refractivity contribution in [3.8, 4) is 0 Å². The van der Waals surface area contributed by atoms with Gasteiger partial charge >= 0.3 is 118 Å². The van der Waals surface area contributed by atoms with Gasteiger partial charge in [0.15, 0.2) is 0 Å². The minimum absolute atomic E-state index is 0. The van der Waals surface area contributed by atoms with Gasteiger partial charge in [-0.2, -0.15) is 0 Å². The Morgan fingerprint density at radius 2 is 0.917 bits per heavy atom. The first kappa shape index (κ1) is 20.9. The van der Waals surface area contributed by atoms with Crippen LogP contribution in [0.1, 0.15) is 0 Å². The van der Waals surface area contributed by atoms with Crippen LogP contribution in [0.3, 0.4) is 0 Å². The van der Waals surface area contributed by atoms with Crippen LogP contribution < -0.4 is 0 Å². The molecule has 0 aliphatic rings. The van der Waals surface area contributed by atoms with E-state index in [0.717, 1.165) is 0 Å². The molecule has 0 aliphatic heterocycles. The first-order valence-electron chi connectivity index (χ1n) is 2.30. The van der Waals surface area contributed by atoms with E-state index in [-0.39, 0.29) is 103 Å². The van der Waals surface area contributed by atoms with Crippen molar-refractivity contribution in [3.05, 3.63) is 0 Å². The van der Waals surface area contributed by atoms with Gasteiger partial charge in [-0.15, -0.1) is 0 Å². The van der Waals surface area contributed by atoms with Crippen molar-refractivity contribution in [2.24, 2.45) is 0 Å². The number of rotatable bonds is 3. The van der Waals surface area contributed by atoms with Crippen LogP contribution in [-0.4, -0.2) is 135 Å². The zero-order chi connectivity index (χ0) is 8.41. The van der Waals surface area contributed by atoms with Gasteiger partial charge in [0.2, 0.25) is 0 Å². The summed E-state index contributed by atoms with van der Waals surface area (Å²) >= 11 is 0. The van der Waals surface area contributed by atoms with Gasteiger partial charge in [-0.05, 0) is 0 Å². The van der Waals surface area contributed by atoms with Crippen LogP contribution >= 0.6 is 15.2 Å². The molecule has 0 aromatic carbocycles. The molecular weight excluding hydrogens is 260 g/mol. The van der Waals surface area contributed by atoms with Gasteiger partial charge in [-0.1, -0.05) is 0 Å².